The van der Waals surface area contributed by atoms with Crippen LogP contribution in [0.2, 0.25) is 0 Å². The molecular weight excluding hydrogens is 168 g/mol. The molecule has 0 aromatic rings. The summed E-state index contributed by atoms with van der Waals surface area (Å²) in [6.07, 6.45) is 4.96. The van der Waals surface area contributed by atoms with Gasteiger partial charge in [0.1, 0.15) is 0 Å². The van der Waals surface area contributed by atoms with Gasteiger partial charge in [0.25, 0.3) is 0 Å². The van der Waals surface area contributed by atoms with Crippen LogP contribution in [0.3, 0.4) is 0 Å². The van der Waals surface area contributed by atoms with Crippen LogP contribution >= 0.6 is 0 Å². The van der Waals surface area contributed by atoms with E-state index in [9.17, 15) is 4.79 Å². The number of urea groups is 1. The highest BCUT2D eigenvalue weighted by Crippen LogP contribution is 2.18. The van der Waals surface area contributed by atoms with Crippen molar-refractivity contribution in [2.75, 3.05) is 13.2 Å². The summed E-state index contributed by atoms with van der Waals surface area (Å²) in [5.41, 5.74) is 5.26. The maximum absolute atomic E-state index is 11.1. The summed E-state index contributed by atoms with van der Waals surface area (Å²) in [7, 11) is 0. The Balaban J connectivity index is 2.55. The highest BCUT2D eigenvalue weighted by Gasteiger charge is 2.22. The summed E-state index contributed by atoms with van der Waals surface area (Å²) in [5.74, 6) is 0. The molecule has 1 heterocycles. The number of nitrogens with zero attached hydrogens (tertiary/aromatic N) is 1. The first-order valence-electron chi connectivity index (χ1n) is 4.92. The van der Waals surface area contributed by atoms with Crippen LogP contribution in [0.4, 0.5) is 4.79 Å². The third kappa shape index (κ3) is 2.88. The molecule has 2 amide bonds. The van der Waals surface area contributed by atoms with Crippen LogP contribution in [0.25, 0.3) is 0 Å². The predicted molar refractivity (Wildman–Crippen MR) is 50.2 cm³/mol. The normalized spacial score (nSPS) is 24.1. The summed E-state index contributed by atoms with van der Waals surface area (Å²) >= 11 is 0. The van der Waals surface area contributed by atoms with Gasteiger partial charge in [0, 0.05) is 19.2 Å². The van der Waals surface area contributed by atoms with E-state index in [1.54, 1.807) is 4.90 Å². The van der Waals surface area contributed by atoms with Crippen molar-refractivity contribution in [3.05, 3.63) is 0 Å². The molecule has 0 aliphatic carbocycles. The molecule has 0 radical (unpaired) electrons. The number of hydrogen-bond donors (Lipinski definition) is 2. The zero-order valence-electron chi connectivity index (χ0n) is 7.91. The van der Waals surface area contributed by atoms with Crippen LogP contribution in [0.15, 0.2) is 0 Å². The van der Waals surface area contributed by atoms with Crippen molar-refractivity contribution in [3.63, 3.8) is 0 Å². The summed E-state index contributed by atoms with van der Waals surface area (Å²) < 4.78 is 0. The van der Waals surface area contributed by atoms with Crippen molar-refractivity contribution in [2.45, 2.75) is 38.1 Å². The van der Waals surface area contributed by atoms with Crippen LogP contribution in [-0.2, 0) is 0 Å². The molecule has 0 spiro atoms. The lowest BCUT2D eigenvalue weighted by atomic mass is 10.1. The minimum absolute atomic E-state index is 0.133. The van der Waals surface area contributed by atoms with Crippen LogP contribution in [0.1, 0.15) is 32.1 Å². The van der Waals surface area contributed by atoms with Crippen molar-refractivity contribution in [1.82, 2.24) is 4.90 Å². The fourth-order valence-corrected chi connectivity index (χ4v) is 1.92. The maximum Gasteiger partial charge on any atom is 0.315 e. The molecular formula is C9H18N2O2. The molecule has 1 saturated heterocycles. The molecule has 1 unspecified atom stereocenters. The second kappa shape index (κ2) is 5.07. The van der Waals surface area contributed by atoms with E-state index in [2.05, 4.69) is 0 Å². The fraction of sp³-hybridized carbons (Fsp3) is 0.889. The highest BCUT2D eigenvalue weighted by atomic mass is 16.3. The van der Waals surface area contributed by atoms with E-state index < -0.39 is 0 Å². The first-order chi connectivity index (χ1) is 6.25. The van der Waals surface area contributed by atoms with E-state index in [0.717, 1.165) is 32.2 Å². The summed E-state index contributed by atoms with van der Waals surface area (Å²) in [4.78, 5) is 12.8. The summed E-state index contributed by atoms with van der Waals surface area (Å²) in [6, 6.07) is -0.189. The van der Waals surface area contributed by atoms with Gasteiger partial charge in [0.2, 0.25) is 0 Å². The van der Waals surface area contributed by atoms with Crippen LogP contribution in [0.5, 0.6) is 0 Å². The van der Waals surface area contributed by atoms with Gasteiger partial charge in [-0.25, -0.2) is 4.79 Å². The van der Waals surface area contributed by atoms with Gasteiger partial charge >= 0.3 is 6.03 Å². The minimum atomic E-state index is -0.347. The van der Waals surface area contributed by atoms with Crippen molar-refractivity contribution in [3.8, 4) is 0 Å². The van der Waals surface area contributed by atoms with E-state index in [0.29, 0.717) is 6.42 Å². The number of carbonyl (C=O) groups excluding carboxylic acids is 1. The highest BCUT2D eigenvalue weighted by molar-refractivity contribution is 5.72. The Morgan fingerprint density at radius 2 is 2.23 bits per heavy atom. The van der Waals surface area contributed by atoms with Crippen molar-refractivity contribution >= 4 is 6.03 Å². The zero-order valence-corrected chi connectivity index (χ0v) is 7.91. The number of primary amides is 1. The molecule has 1 aliphatic heterocycles. The van der Waals surface area contributed by atoms with Crippen molar-refractivity contribution in [1.29, 1.82) is 0 Å². The molecule has 1 aliphatic rings. The number of aliphatic hydroxyl groups is 1. The van der Waals surface area contributed by atoms with Crippen LogP contribution in [-0.4, -0.2) is 35.2 Å². The quantitative estimate of drug-likeness (QED) is 0.666. The molecule has 0 aromatic heterocycles. The molecule has 1 rings (SSSR count). The first kappa shape index (κ1) is 10.3. The van der Waals surface area contributed by atoms with Gasteiger partial charge in [-0.1, -0.05) is 12.8 Å². The molecule has 3 N–H and O–H groups in total. The standard InChI is InChI=1S/C9H18N2O2/c10-9(13)11-6-3-1-2-4-8(11)5-7-12/h8,12H,1-7H2,(H2,10,13). The number of amides is 2. The van der Waals surface area contributed by atoms with E-state index in [-0.39, 0.29) is 18.7 Å². The third-order valence-electron chi connectivity index (χ3n) is 2.62. The third-order valence-corrected chi connectivity index (χ3v) is 2.62. The number of nitrogens with two attached hydrogens (primary N) is 1. The average molecular weight is 186 g/mol. The van der Waals surface area contributed by atoms with Crippen molar-refractivity contribution in [2.24, 2.45) is 5.73 Å². The average Bonchev–Trinajstić information content (AvgIpc) is 2.30. The molecule has 13 heavy (non-hydrogen) atoms. The molecule has 4 heteroatoms. The second-order valence-corrected chi connectivity index (χ2v) is 3.55. The topological polar surface area (TPSA) is 66.6 Å². The smallest absolute Gasteiger partial charge is 0.315 e. The Morgan fingerprint density at radius 1 is 1.46 bits per heavy atom. The Kier molecular flexibility index (Phi) is 4.02. The lowest BCUT2D eigenvalue weighted by molar-refractivity contribution is 0.164. The van der Waals surface area contributed by atoms with Crippen LogP contribution in [0, 0.1) is 0 Å². The second-order valence-electron chi connectivity index (χ2n) is 3.55. The summed E-state index contributed by atoms with van der Waals surface area (Å²) in [5, 5.41) is 8.83. The Morgan fingerprint density at radius 3 is 2.85 bits per heavy atom. The molecule has 1 atom stereocenters. The SMILES string of the molecule is NC(=O)N1CCCCCC1CCO. The fourth-order valence-electron chi connectivity index (χ4n) is 1.92. The largest absolute Gasteiger partial charge is 0.396 e. The van der Waals surface area contributed by atoms with E-state index in [1.165, 1.54) is 0 Å². The Bertz CT molecular complexity index is 173. The molecule has 1 fully saturated rings. The monoisotopic (exact) mass is 186 g/mol. The number of rotatable bonds is 2. The lowest BCUT2D eigenvalue weighted by Crippen LogP contribution is -2.43. The summed E-state index contributed by atoms with van der Waals surface area (Å²) in [6.45, 7) is 0.883. The maximum atomic E-state index is 11.1. The number of hydrogen-bond acceptors (Lipinski definition) is 2. The first-order valence-corrected chi connectivity index (χ1v) is 4.92. The Hall–Kier alpha value is -0.770. The van der Waals surface area contributed by atoms with Gasteiger partial charge in [0.05, 0.1) is 0 Å². The van der Waals surface area contributed by atoms with Crippen LogP contribution < -0.4 is 5.73 Å². The van der Waals surface area contributed by atoms with E-state index in [1.807, 2.05) is 0 Å². The van der Waals surface area contributed by atoms with Gasteiger partial charge in [-0.05, 0) is 19.3 Å². The number of aliphatic hydroxyl groups excluding tert-OH is 1. The van der Waals surface area contributed by atoms with Gasteiger partial charge in [-0.2, -0.15) is 0 Å². The predicted octanol–water partition coefficient (Wildman–Crippen LogP) is 0.692. The van der Waals surface area contributed by atoms with Crippen molar-refractivity contribution < 1.29 is 9.90 Å². The zero-order chi connectivity index (χ0) is 9.68. The minimum Gasteiger partial charge on any atom is -0.396 e. The molecule has 0 aromatic carbocycles. The Labute approximate surface area is 78.7 Å². The van der Waals surface area contributed by atoms with Gasteiger partial charge < -0.3 is 15.7 Å². The molecule has 0 saturated carbocycles. The number of carbonyl (C=O) groups is 1. The van der Waals surface area contributed by atoms with E-state index >= 15 is 0 Å². The lowest BCUT2D eigenvalue weighted by Gasteiger charge is -2.27. The van der Waals surface area contributed by atoms with Gasteiger partial charge in [-0.15, -0.1) is 0 Å². The molecule has 0 bridgehead atoms. The van der Waals surface area contributed by atoms with Gasteiger partial charge in [0.15, 0.2) is 0 Å². The van der Waals surface area contributed by atoms with Gasteiger partial charge in [-0.3, -0.25) is 0 Å². The van der Waals surface area contributed by atoms with E-state index in [4.69, 9.17) is 10.8 Å². The number of likely N-dealkylation sites (tertiary alicyclic amines) is 1. The molecule has 76 valence electrons. The molecule has 4 nitrogen and oxygen atoms in total.